The van der Waals surface area contributed by atoms with E-state index in [0.717, 1.165) is 42.7 Å². The summed E-state index contributed by atoms with van der Waals surface area (Å²) in [7, 11) is 3.14. The standard InChI is InChI=1S/C30H35N3O3/c1-5-21(2)23-14-12-22(13-15-23)20-33-26-10-7-6-9-25(26)32-29(33)11-8-18-31-30(34)24-16-17-27(35-3)28(19-24)36-4/h6-7,9-10,12-17,19,21H,5,8,11,18,20H2,1-4H3,(H,31,34). The molecule has 36 heavy (non-hydrogen) atoms. The van der Waals surface area contributed by atoms with Crippen LogP contribution in [-0.2, 0) is 13.0 Å². The van der Waals surface area contributed by atoms with Crippen molar-refractivity contribution >= 4 is 16.9 Å². The fourth-order valence-corrected chi connectivity index (χ4v) is 4.39. The van der Waals surface area contributed by atoms with Gasteiger partial charge < -0.3 is 19.4 Å². The van der Waals surface area contributed by atoms with Crippen LogP contribution in [0.25, 0.3) is 11.0 Å². The minimum absolute atomic E-state index is 0.133. The fraction of sp³-hybridized carbons (Fsp3) is 0.333. The summed E-state index contributed by atoms with van der Waals surface area (Å²) < 4.78 is 12.9. The molecule has 0 radical (unpaired) electrons. The topological polar surface area (TPSA) is 65.4 Å². The molecular weight excluding hydrogens is 450 g/mol. The number of fused-ring (bicyclic) bond motifs is 1. The lowest BCUT2D eigenvalue weighted by Crippen LogP contribution is -2.25. The Labute approximate surface area is 213 Å². The summed E-state index contributed by atoms with van der Waals surface area (Å²) in [6.07, 6.45) is 2.69. The smallest absolute Gasteiger partial charge is 0.251 e. The number of methoxy groups -OCH3 is 2. The van der Waals surface area contributed by atoms with Gasteiger partial charge in [-0.15, -0.1) is 0 Å². The summed E-state index contributed by atoms with van der Waals surface area (Å²) in [5.74, 6) is 2.60. The minimum atomic E-state index is -0.133. The Kier molecular flexibility index (Phi) is 8.26. The largest absolute Gasteiger partial charge is 0.493 e. The number of benzene rings is 3. The zero-order valence-corrected chi connectivity index (χ0v) is 21.6. The molecule has 188 valence electrons. The number of ether oxygens (including phenoxy) is 2. The molecule has 1 unspecified atom stereocenters. The van der Waals surface area contributed by atoms with Gasteiger partial charge in [-0.1, -0.05) is 50.2 Å². The molecule has 0 bridgehead atoms. The summed E-state index contributed by atoms with van der Waals surface area (Å²) >= 11 is 0. The van der Waals surface area contributed by atoms with Crippen molar-refractivity contribution in [3.63, 3.8) is 0 Å². The average molecular weight is 486 g/mol. The summed E-state index contributed by atoms with van der Waals surface area (Å²) in [5, 5.41) is 3.01. The average Bonchev–Trinajstić information content (AvgIpc) is 3.27. The zero-order chi connectivity index (χ0) is 25.5. The van der Waals surface area contributed by atoms with Crippen LogP contribution in [0.3, 0.4) is 0 Å². The molecule has 0 saturated carbocycles. The zero-order valence-electron chi connectivity index (χ0n) is 21.6. The SMILES string of the molecule is CCC(C)c1ccc(Cn2c(CCCNC(=O)c3ccc(OC)c(OC)c3)nc3ccccc32)cc1. The Hall–Kier alpha value is -3.80. The molecular formula is C30H35N3O3. The number of nitrogens with zero attached hydrogens (tertiary/aromatic N) is 2. The van der Waals surface area contributed by atoms with Crippen LogP contribution in [0.2, 0.25) is 0 Å². The summed E-state index contributed by atoms with van der Waals surface area (Å²) in [4.78, 5) is 17.5. The van der Waals surface area contributed by atoms with Gasteiger partial charge in [-0.2, -0.15) is 0 Å². The molecule has 6 heteroatoms. The molecule has 1 N–H and O–H groups in total. The second kappa shape index (κ2) is 11.8. The Balaban J connectivity index is 1.42. The van der Waals surface area contributed by atoms with Gasteiger partial charge in [-0.3, -0.25) is 4.79 Å². The molecule has 0 fully saturated rings. The van der Waals surface area contributed by atoms with Crippen molar-refractivity contribution in [3.05, 3.63) is 89.2 Å². The van der Waals surface area contributed by atoms with Crippen molar-refractivity contribution in [2.24, 2.45) is 0 Å². The van der Waals surface area contributed by atoms with E-state index < -0.39 is 0 Å². The Morgan fingerprint density at radius 1 is 1.00 bits per heavy atom. The van der Waals surface area contributed by atoms with Crippen molar-refractivity contribution in [1.29, 1.82) is 0 Å². The van der Waals surface area contributed by atoms with Crippen LogP contribution >= 0.6 is 0 Å². The number of aromatic nitrogens is 2. The predicted molar refractivity (Wildman–Crippen MR) is 144 cm³/mol. The van der Waals surface area contributed by atoms with E-state index in [9.17, 15) is 4.79 Å². The van der Waals surface area contributed by atoms with Crippen molar-refractivity contribution < 1.29 is 14.3 Å². The molecule has 1 atom stereocenters. The molecule has 1 aromatic heterocycles. The normalized spacial score (nSPS) is 11.9. The third-order valence-electron chi connectivity index (χ3n) is 6.74. The molecule has 0 aliphatic rings. The molecule has 6 nitrogen and oxygen atoms in total. The second-order valence-electron chi connectivity index (χ2n) is 9.08. The lowest BCUT2D eigenvalue weighted by Gasteiger charge is -2.13. The van der Waals surface area contributed by atoms with Crippen molar-refractivity contribution in [3.8, 4) is 11.5 Å². The Morgan fingerprint density at radius 3 is 2.47 bits per heavy atom. The number of imidazole rings is 1. The van der Waals surface area contributed by atoms with Gasteiger partial charge >= 0.3 is 0 Å². The number of amides is 1. The number of carbonyl (C=O) groups is 1. The molecule has 0 aliphatic carbocycles. The molecule has 3 aromatic carbocycles. The van der Waals surface area contributed by atoms with Gasteiger partial charge in [0.2, 0.25) is 0 Å². The van der Waals surface area contributed by atoms with Crippen molar-refractivity contribution in [2.45, 2.75) is 45.6 Å². The number of carbonyl (C=O) groups excluding carboxylic acids is 1. The number of para-hydroxylation sites is 2. The number of aryl methyl sites for hydroxylation is 1. The maximum Gasteiger partial charge on any atom is 0.251 e. The van der Waals surface area contributed by atoms with E-state index in [1.807, 2.05) is 6.07 Å². The summed E-state index contributed by atoms with van der Waals surface area (Å²) in [6, 6.07) is 22.4. The number of hydrogen-bond acceptors (Lipinski definition) is 4. The Morgan fingerprint density at radius 2 is 1.75 bits per heavy atom. The van der Waals surface area contributed by atoms with Crippen LogP contribution in [0.15, 0.2) is 66.7 Å². The highest BCUT2D eigenvalue weighted by Crippen LogP contribution is 2.27. The summed E-state index contributed by atoms with van der Waals surface area (Å²) in [6.45, 7) is 5.81. The maximum atomic E-state index is 12.6. The molecule has 4 aromatic rings. The molecule has 0 saturated heterocycles. The van der Waals surface area contributed by atoms with Crippen molar-refractivity contribution in [1.82, 2.24) is 14.9 Å². The quantitative estimate of drug-likeness (QED) is 0.266. The molecule has 1 heterocycles. The minimum Gasteiger partial charge on any atom is -0.493 e. The van der Waals surface area contributed by atoms with E-state index in [1.165, 1.54) is 11.1 Å². The number of nitrogens with one attached hydrogen (secondary N) is 1. The van der Waals surface area contributed by atoms with Gasteiger partial charge in [0, 0.05) is 25.1 Å². The van der Waals surface area contributed by atoms with E-state index in [1.54, 1.807) is 32.4 Å². The van der Waals surface area contributed by atoms with Crippen molar-refractivity contribution in [2.75, 3.05) is 20.8 Å². The van der Waals surface area contributed by atoms with Gasteiger partial charge in [0.1, 0.15) is 5.82 Å². The van der Waals surface area contributed by atoms with E-state index >= 15 is 0 Å². The van der Waals surface area contributed by atoms with Crippen LogP contribution in [0.4, 0.5) is 0 Å². The highest BCUT2D eigenvalue weighted by atomic mass is 16.5. The lowest BCUT2D eigenvalue weighted by molar-refractivity contribution is 0.0952. The first kappa shape index (κ1) is 25.3. The third kappa shape index (κ3) is 5.70. The van der Waals surface area contributed by atoms with Crippen LogP contribution in [-0.4, -0.2) is 36.2 Å². The van der Waals surface area contributed by atoms with E-state index in [-0.39, 0.29) is 5.91 Å². The first-order valence-corrected chi connectivity index (χ1v) is 12.6. The lowest BCUT2D eigenvalue weighted by atomic mass is 9.97. The first-order chi connectivity index (χ1) is 17.5. The fourth-order valence-electron chi connectivity index (χ4n) is 4.39. The molecule has 1 amide bonds. The van der Waals surface area contributed by atoms with E-state index in [0.29, 0.717) is 29.5 Å². The molecule has 4 rings (SSSR count). The van der Waals surface area contributed by atoms with Crippen LogP contribution in [0, 0.1) is 0 Å². The maximum absolute atomic E-state index is 12.6. The van der Waals surface area contributed by atoms with E-state index in [4.69, 9.17) is 14.5 Å². The second-order valence-corrected chi connectivity index (χ2v) is 9.08. The third-order valence-corrected chi connectivity index (χ3v) is 6.74. The van der Waals surface area contributed by atoms with Gasteiger partial charge in [-0.25, -0.2) is 4.98 Å². The molecule has 0 aliphatic heterocycles. The van der Waals surface area contributed by atoms with E-state index in [2.05, 4.69) is 66.2 Å². The molecule has 0 spiro atoms. The van der Waals surface area contributed by atoms with Gasteiger partial charge in [0.05, 0.1) is 25.3 Å². The van der Waals surface area contributed by atoms with Gasteiger partial charge in [0.15, 0.2) is 11.5 Å². The van der Waals surface area contributed by atoms with Crippen LogP contribution in [0.1, 0.15) is 59.9 Å². The van der Waals surface area contributed by atoms with Gasteiger partial charge in [-0.05, 0) is 60.2 Å². The summed E-state index contributed by atoms with van der Waals surface area (Å²) in [5.41, 5.74) is 5.31. The van der Waals surface area contributed by atoms with Crippen LogP contribution in [0.5, 0.6) is 11.5 Å². The number of rotatable bonds is 11. The highest BCUT2D eigenvalue weighted by Gasteiger charge is 2.13. The highest BCUT2D eigenvalue weighted by molar-refractivity contribution is 5.94. The predicted octanol–water partition coefficient (Wildman–Crippen LogP) is 5.98. The first-order valence-electron chi connectivity index (χ1n) is 12.6. The van der Waals surface area contributed by atoms with Gasteiger partial charge in [0.25, 0.3) is 5.91 Å². The number of hydrogen-bond donors (Lipinski definition) is 1. The monoisotopic (exact) mass is 485 g/mol. The van der Waals surface area contributed by atoms with Crippen LogP contribution < -0.4 is 14.8 Å². The Bertz CT molecular complexity index is 1310.